The summed E-state index contributed by atoms with van der Waals surface area (Å²) in [7, 11) is -16.3. The fourth-order valence-corrected chi connectivity index (χ4v) is 45.9. The molecule has 4 nitrogen and oxygen atoms in total. The Morgan fingerprint density at radius 2 is 0.625 bits per heavy atom. The van der Waals surface area contributed by atoms with Crippen LogP contribution in [0.25, 0.3) is 0 Å². The molecule has 288 valence electrons. The molecule has 0 fully saturated rings. The average Bonchev–Trinajstić information content (AvgIpc) is 2.96. The van der Waals surface area contributed by atoms with Gasteiger partial charge in [0.05, 0.1) is 7.64 Å². The largest absolute Gasteiger partial charge is 0.338 e. The van der Waals surface area contributed by atoms with E-state index in [2.05, 4.69) is 109 Å². The Bertz CT molecular complexity index is 1080. The van der Waals surface area contributed by atoms with E-state index in [9.17, 15) is 0 Å². The minimum atomic E-state index is -3.10. The van der Waals surface area contributed by atoms with E-state index in [-0.39, 0.29) is 10.1 Å². The Labute approximate surface area is 307 Å². The van der Waals surface area contributed by atoms with Crippen LogP contribution in [0.2, 0.25) is 72.5 Å². The zero-order valence-corrected chi connectivity index (χ0v) is 40.8. The third kappa shape index (κ3) is 10.5. The summed E-state index contributed by atoms with van der Waals surface area (Å²) in [5, 5.41) is -0.277. The van der Waals surface area contributed by atoms with Gasteiger partial charge < -0.3 is 7.74 Å². The second-order valence-electron chi connectivity index (χ2n) is 18.5. The topological polar surface area (TPSA) is 52.6 Å². The SMILES string of the molecule is CCCC[Si](CCCC)(CCCC)OS1(=O)=C([Si](C)(C)C(C)(C)C)S(=O)(O[Si](CCCC)(CCCC)CCCC)=C1[Si](C)(C)C(C)(C)C. The molecule has 0 spiro atoms. The predicted molar refractivity (Wildman–Crippen MR) is 233 cm³/mol. The minimum Gasteiger partial charge on any atom is -0.338 e. The van der Waals surface area contributed by atoms with Crippen LogP contribution in [0.15, 0.2) is 0 Å². The van der Waals surface area contributed by atoms with Gasteiger partial charge in [-0.05, 0) is 46.3 Å². The highest BCUT2D eigenvalue weighted by atomic mass is 32.3. The van der Waals surface area contributed by atoms with Crippen LogP contribution in [0.1, 0.15) is 160 Å². The van der Waals surface area contributed by atoms with Gasteiger partial charge in [-0.2, -0.15) is 0 Å². The number of unbranched alkanes of at least 4 members (excludes halogenated alkanes) is 6. The van der Waals surface area contributed by atoms with Crippen molar-refractivity contribution in [1.82, 2.24) is 0 Å². The van der Waals surface area contributed by atoms with E-state index >= 15 is 8.42 Å². The van der Waals surface area contributed by atoms with Crippen LogP contribution >= 0.6 is 0 Å². The molecule has 1 aliphatic heterocycles. The van der Waals surface area contributed by atoms with E-state index in [4.69, 9.17) is 7.74 Å². The molecule has 10 heteroatoms. The fraction of sp³-hybridized carbons (Fsp3) is 0.947. The van der Waals surface area contributed by atoms with Crippen LogP contribution < -0.4 is 0 Å². The Morgan fingerprint density at radius 3 is 0.771 bits per heavy atom. The number of hydrogen-bond donors (Lipinski definition) is 0. The summed E-state index contributed by atoms with van der Waals surface area (Å²) in [5.41, 5.74) is 0. The van der Waals surface area contributed by atoms with Gasteiger partial charge in [-0.15, -0.1) is 0 Å². The van der Waals surface area contributed by atoms with Crippen molar-refractivity contribution in [3.63, 3.8) is 0 Å². The maximum Gasteiger partial charge on any atom is 0.214 e. The van der Waals surface area contributed by atoms with Gasteiger partial charge in [0.2, 0.25) is 16.6 Å². The van der Waals surface area contributed by atoms with Crippen LogP contribution in [0.4, 0.5) is 0 Å². The van der Waals surface area contributed by atoms with E-state index in [1.54, 1.807) is 0 Å². The molecule has 0 aromatic carbocycles. The summed E-state index contributed by atoms with van der Waals surface area (Å²) in [6.45, 7) is 36.8. The molecule has 0 bridgehead atoms. The Hall–Kier alpha value is 0.828. The Kier molecular flexibility index (Phi) is 18.3. The predicted octanol–water partition coefficient (Wildman–Crippen LogP) is 13.5. The maximum atomic E-state index is 16.7. The van der Waals surface area contributed by atoms with Crippen molar-refractivity contribution in [1.29, 1.82) is 0 Å². The normalized spacial score (nSPS) is 21.6. The van der Waals surface area contributed by atoms with E-state index in [0.29, 0.717) is 0 Å². The van der Waals surface area contributed by atoms with Gasteiger partial charge in [0, 0.05) is 0 Å². The highest BCUT2D eigenvalue weighted by Crippen LogP contribution is 2.51. The number of rotatable bonds is 24. The van der Waals surface area contributed by atoms with Crippen molar-refractivity contribution in [2.24, 2.45) is 0 Å². The van der Waals surface area contributed by atoms with Gasteiger partial charge in [-0.3, -0.25) is 0 Å². The lowest BCUT2D eigenvalue weighted by Gasteiger charge is -2.53. The first kappa shape index (κ1) is 46.8. The summed E-state index contributed by atoms with van der Waals surface area (Å²) < 4.78 is 50.5. The molecule has 0 aromatic rings. The van der Waals surface area contributed by atoms with Crippen molar-refractivity contribution in [2.75, 3.05) is 0 Å². The van der Waals surface area contributed by atoms with E-state index in [1.807, 2.05) is 0 Å². The zero-order valence-electron chi connectivity index (χ0n) is 35.2. The van der Waals surface area contributed by atoms with Gasteiger partial charge in [0.25, 0.3) is 0 Å². The molecule has 1 rings (SSSR count). The molecular weight excluding hydrogens is 697 g/mol. The molecule has 1 heterocycles. The monoisotopic (exact) mass is 780 g/mol. The van der Waals surface area contributed by atoms with E-state index in [0.717, 1.165) is 121 Å². The van der Waals surface area contributed by atoms with Gasteiger partial charge in [0.1, 0.15) is 35.8 Å². The molecule has 0 saturated heterocycles. The highest BCUT2D eigenvalue weighted by molar-refractivity contribution is 8.53. The minimum absolute atomic E-state index is 0.139. The van der Waals surface area contributed by atoms with Crippen molar-refractivity contribution < 1.29 is 16.2 Å². The fourth-order valence-electron chi connectivity index (χ4n) is 7.02. The van der Waals surface area contributed by atoms with Crippen molar-refractivity contribution in [2.45, 2.75) is 233 Å². The molecule has 0 aliphatic carbocycles. The van der Waals surface area contributed by atoms with Gasteiger partial charge in [-0.25, -0.2) is 8.42 Å². The molecule has 1 aliphatic rings. The van der Waals surface area contributed by atoms with Crippen LogP contribution in [-0.4, -0.2) is 48.8 Å². The highest BCUT2D eigenvalue weighted by Gasteiger charge is 2.63. The Balaban J connectivity index is 4.53. The van der Waals surface area contributed by atoms with Gasteiger partial charge in [-0.1, -0.05) is 186 Å². The average molecular weight is 782 g/mol. The van der Waals surface area contributed by atoms with E-state index < -0.39 is 52.4 Å². The molecule has 0 aromatic heterocycles. The van der Waals surface area contributed by atoms with Crippen LogP contribution in [0.3, 0.4) is 0 Å². The first-order chi connectivity index (χ1) is 22.0. The van der Waals surface area contributed by atoms with Crippen LogP contribution in [0, 0.1) is 0 Å². The smallest absolute Gasteiger partial charge is 0.214 e. The lowest BCUT2D eigenvalue weighted by molar-refractivity contribution is 0.525. The van der Waals surface area contributed by atoms with Gasteiger partial charge in [0.15, 0.2) is 0 Å². The summed E-state index contributed by atoms with van der Waals surface area (Å²) in [6.07, 6.45) is 13.4. The lowest BCUT2D eigenvalue weighted by atomic mass is 10.2. The first-order valence-electron chi connectivity index (χ1n) is 20.3. The molecular formula is C38H84O4S2Si4. The molecule has 0 unspecified atom stereocenters. The van der Waals surface area contributed by atoms with Gasteiger partial charge >= 0.3 is 0 Å². The van der Waals surface area contributed by atoms with Crippen LogP contribution in [0.5, 0.6) is 0 Å². The standard InChI is InChI=1S/C38H84O4S2Si4/c1-17-23-29-47(30-24-18-2,31-25-19-3)41-43(39)35(45(13,14)37(7,8)9)44(40,36(43)46(15,16)38(10,11)12)42-48(32-26-20-4,33-27-21-5)34-28-22-6/h17-34H2,1-16H3. The van der Waals surface area contributed by atoms with Crippen molar-refractivity contribution in [3.05, 3.63) is 0 Å². The van der Waals surface area contributed by atoms with Crippen LogP contribution in [-0.2, 0) is 27.3 Å². The summed E-state index contributed by atoms with van der Waals surface area (Å²) in [5.74, 6) is 0. The third-order valence-electron chi connectivity index (χ3n) is 12.3. The van der Waals surface area contributed by atoms with Crippen molar-refractivity contribution >= 4 is 60.0 Å². The molecule has 0 radical (unpaired) electrons. The Morgan fingerprint density at radius 1 is 0.438 bits per heavy atom. The third-order valence-corrected chi connectivity index (χ3v) is 48.0. The first-order valence-corrected chi connectivity index (χ1v) is 34.3. The lowest BCUT2D eigenvalue weighted by Crippen LogP contribution is -2.70. The summed E-state index contributed by atoms with van der Waals surface area (Å²) in [6, 6.07) is 6.34. The second-order valence-corrected chi connectivity index (χ2v) is 43.7. The van der Waals surface area contributed by atoms with Crippen molar-refractivity contribution in [3.8, 4) is 0 Å². The molecule has 48 heavy (non-hydrogen) atoms. The summed E-state index contributed by atoms with van der Waals surface area (Å²) >= 11 is 0. The number of hydrogen-bond acceptors (Lipinski definition) is 4. The molecule has 0 amide bonds. The summed E-state index contributed by atoms with van der Waals surface area (Å²) in [4.78, 5) is 0. The zero-order chi connectivity index (χ0) is 37.3. The molecule has 0 atom stereocenters. The maximum absolute atomic E-state index is 16.7. The quantitative estimate of drug-likeness (QED) is 0.0723. The molecule has 0 saturated carbocycles. The molecule has 0 N–H and O–H groups in total. The second kappa shape index (κ2) is 18.7. The van der Waals surface area contributed by atoms with E-state index in [1.165, 1.54) is 0 Å².